The van der Waals surface area contributed by atoms with Gasteiger partial charge in [-0.3, -0.25) is 4.79 Å². The highest BCUT2D eigenvalue weighted by atomic mass is 16.4. The quantitative estimate of drug-likeness (QED) is 0.619. The second-order valence-electron chi connectivity index (χ2n) is 5.35. The van der Waals surface area contributed by atoms with E-state index in [0.717, 1.165) is 0 Å². The number of carboxylic acid groups (broad SMARTS) is 1. The van der Waals surface area contributed by atoms with Gasteiger partial charge in [-0.05, 0) is 18.8 Å². The van der Waals surface area contributed by atoms with Crippen molar-refractivity contribution >= 4 is 12.0 Å². The van der Waals surface area contributed by atoms with Crippen molar-refractivity contribution in [1.29, 1.82) is 0 Å². The van der Waals surface area contributed by atoms with Crippen LogP contribution in [0, 0.1) is 5.92 Å². The van der Waals surface area contributed by atoms with Crippen LogP contribution in [0.2, 0.25) is 0 Å². The normalized spacial score (nSPS) is 28.7. The van der Waals surface area contributed by atoms with Crippen LogP contribution in [-0.2, 0) is 4.79 Å². The summed E-state index contributed by atoms with van der Waals surface area (Å²) in [5.41, 5.74) is 0. The maximum Gasteiger partial charge on any atom is 0.320 e. The fourth-order valence-electron chi connectivity index (χ4n) is 2.70. The van der Waals surface area contributed by atoms with Crippen molar-refractivity contribution in [1.82, 2.24) is 9.80 Å². The van der Waals surface area contributed by atoms with Gasteiger partial charge in [0.05, 0.1) is 25.3 Å². The first-order valence-corrected chi connectivity index (χ1v) is 6.59. The molecule has 2 amide bonds. The molecule has 2 saturated heterocycles. The molecule has 0 radical (unpaired) electrons. The molecule has 7 heteroatoms. The van der Waals surface area contributed by atoms with E-state index < -0.39 is 18.2 Å². The summed E-state index contributed by atoms with van der Waals surface area (Å²) in [5.74, 6) is -0.660. The molecule has 108 valence electrons. The molecule has 0 aromatic heterocycles. The van der Waals surface area contributed by atoms with Crippen molar-refractivity contribution in [2.45, 2.75) is 31.5 Å². The number of hydrogen-bond donors (Lipinski definition) is 3. The van der Waals surface area contributed by atoms with E-state index in [9.17, 15) is 19.8 Å². The number of nitrogens with zero attached hydrogens (tertiary/aromatic N) is 2. The SMILES string of the molecule is O=C(O)CC1CCN(C(=O)N2CC(O)C(O)C2)CC1. The topological polar surface area (TPSA) is 101 Å². The Morgan fingerprint density at radius 2 is 1.53 bits per heavy atom. The number of carbonyl (C=O) groups excluding carboxylic acids is 1. The molecule has 2 unspecified atom stereocenters. The van der Waals surface area contributed by atoms with Crippen LogP contribution in [0.5, 0.6) is 0 Å². The number of β-amino-alcohol motifs (C(OH)–C–C–N with tert-alkyl or cyclic N) is 2. The summed E-state index contributed by atoms with van der Waals surface area (Å²) in [6.07, 6.45) is -0.195. The minimum Gasteiger partial charge on any atom is -0.481 e. The van der Waals surface area contributed by atoms with Crippen molar-refractivity contribution in [3.8, 4) is 0 Å². The maximum absolute atomic E-state index is 12.1. The number of aliphatic hydroxyl groups is 2. The van der Waals surface area contributed by atoms with Gasteiger partial charge < -0.3 is 25.1 Å². The van der Waals surface area contributed by atoms with E-state index in [0.29, 0.717) is 25.9 Å². The number of carboxylic acids is 1. The minimum atomic E-state index is -0.867. The molecule has 0 aromatic rings. The fourth-order valence-corrected chi connectivity index (χ4v) is 2.70. The van der Waals surface area contributed by atoms with Crippen LogP contribution >= 0.6 is 0 Å². The van der Waals surface area contributed by atoms with E-state index in [1.165, 1.54) is 4.90 Å². The zero-order chi connectivity index (χ0) is 14.0. The van der Waals surface area contributed by atoms with E-state index in [1.807, 2.05) is 0 Å². The number of likely N-dealkylation sites (tertiary alicyclic amines) is 2. The van der Waals surface area contributed by atoms with Gasteiger partial charge in [-0.2, -0.15) is 0 Å². The predicted octanol–water partition coefficient (Wildman–Crippen LogP) is -0.670. The van der Waals surface area contributed by atoms with E-state index in [2.05, 4.69) is 0 Å². The summed E-state index contributed by atoms with van der Waals surface area (Å²) in [6.45, 7) is 1.41. The number of aliphatic hydroxyl groups excluding tert-OH is 2. The second kappa shape index (κ2) is 5.75. The molecule has 2 aliphatic heterocycles. The average molecular weight is 272 g/mol. The van der Waals surface area contributed by atoms with Crippen LogP contribution in [0.25, 0.3) is 0 Å². The molecule has 19 heavy (non-hydrogen) atoms. The Hall–Kier alpha value is -1.34. The van der Waals surface area contributed by atoms with Crippen LogP contribution in [0.1, 0.15) is 19.3 Å². The first-order chi connectivity index (χ1) is 8.97. The number of piperidine rings is 1. The van der Waals surface area contributed by atoms with Crippen molar-refractivity contribution in [3.63, 3.8) is 0 Å². The summed E-state index contributed by atoms with van der Waals surface area (Å²) in [5, 5.41) is 27.6. The molecule has 0 bridgehead atoms. The number of carbonyl (C=O) groups is 2. The molecular formula is C12H20N2O5. The molecule has 2 aliphatic rings. The van der Waals surface area contributed by atoms with Crippen LogP contribution in [0.15, 0.2) is 0 Å². The Morgan fingerprint density at radius 3 is 2.00 bits per heavy atom. The molecule has 0 spiro atoms. The van der Waals surface area contributed by atoms with Gasteiger partial charge in [0.15, 0.2) is 0 Å². The van der Waals surface area contributed by atoms with Gasteiger partial charge in [0.1, 0.15) is 0 Å². The largest absolute Gasteiger partial charge is 0.481 e. The van der Waals surface area contributed by atoms with E-state index in [1.54, 1.807) is 4.90 Å². The first-order valence-electron chi connectivity index (χ1n) is 6.59. The molecule has 2 atom stereocenters. The number of urea groups is 1. The van der Waals surface area contributed by atoms with E-state index >= 15 is 0 Å². The zero-order valence-corrected chi connectivity index (χ0v) is 10.7. The molecule has 3 N–H and O–H groups in total. The Balaban J connectivity index is 1.81. The minimum absolute atomic E-state index is 0.135. The lowest BCUT2D eigenvalue weighted by Crippen LogP contribution is -2.46. The van der Waals surface area contributed by atoms with Gasteiger partial charge in [-0.15, -0.1) is 0 Å². The summed E-state index contributed by atoms with van der Waals surface area (Å²) in [4.78, 5) is 25.9. The summed E-state index contributed by atoms with van der Waals surface area (Å²) in [6, 6.07) is -0.177. The molecule has 0 aliphatic carbocycles. The van der Waals surface area contributed by atoms with Crippen molar-refractivity contribution in [3.05, 3.63) is 0 Å². The third-order valence-corrected chi connectivity index (χ3v) is 3.88. The van der Waals surface area contributed by atoms with Crippen LogP contribution in [0.4, 0.5) is 4.79 Å². The molecule has 2 heterocycles. The van der Waals surface area contributed by atoms with Crippen molar-refractivity contribution < 1.29 is 24.9 Å². The molecule has 7 nitrogen and oxygen atoms in total. The van der Waals surface area contributed by atoms with Gasteiger partial charge >= 0.3 is 12.0 Å². The Labute approximate surface area is 111 Å². The lowest BCUT2D eigenvalue weighted by Gasteiger charge is -2.34. The van der Waals surface area contributed by atoms with Gasteiger partial charge in [-0.1, -0.05) is 0 Å². The molecule has 0 aromatic carbocycles. The first kappa shape index (κ1) is 14.1. The average Bonchev–Trinajstić information content (AvgIpc) is 2.69. The standard InChI is InChI=1S/C12H20N2O5/c15-9-6-14(7-10(9)16)12(19)13-3-1-8(2-4-13)5-11(17)18/h8-10,15-16H,1-7H2,(H,17,18). The summed E-state index contributed by atoms with van der Waals surface area (Å²) < 4.78 is 0. The Bertz CT molecular complexity index is 344. The van der Waals surface area contributed by atoms with Gasteiger partial charge in [-0.25, -0.2) is 4.79 Å². The lowest BCUT2D eigenvalue weighted by molar-refractivity contribution is -0.138. The number of hydrogen-bond acceptors (Lipinski definition) is 4. The maximum atomic E-state index is 12.1. The molecule has 2 fully saturated rings. The Morgan fingerprint density at radius 1 is 1.00 bits per heavy atom. The third kappa shape index (κ3) is 3.36. The predicted molar refractivity (Wildman–Crippen MR) is 65.5 cm³/mol. The van der Waals surface area contributed by atoms with Gasteiger partial charge in [0.25, 0.3) is 0 Å². The summed E-state index contributed by atoms with van der Waals surface area (Å²) in [7, 11) is 0. The molecular weight excluding hydrogens is 252 g/mol. The Kier molecular flexibility index (Phi) is 4.26. The number of rotatable bonds is 2. The monoisotopic (exact) mass is 272 g/mol. The van der Waals surface area contributed by atoms with E-state index in [4.69, 9.17) is 5.11 Å². The zero-order valence-electron chi connectivity index (χ0n) is 10.7. The van der Waals surface area contributed by atoms with Crippen LogP contribution in [0.3, 0.4) is 0 Å². The summed E-state index contributed by atoms with van der Waals surface area (Å²) >= 11 is 0. The van der Waals surface area contributed by atoms with Gasteiger partial charge in [0, 0.05) is 19.5 Å². The number of aliphatic carboxylic acids is 1. The van der Waals surface area contributed by atoms with Crippen molar-refractivity contribution in [2.24, 2.45) is 5.92 Å². The third-order valence-electron chi connectivity index (χ3n) is 3.88. The fraction of sp³-hybridized carbons (Fsp3) is 0.833. The lowest BCUT2D eigenvalue weighted by atomic mass is 9.94. The number of amides is 2. The van der Waals surface area contributed by atoms with Gasteiger partial charge in [0.2, 0.25) is 0 Å². The smallest absolute Gasteiger partial charge is 0.320 e. The van der Waals surface area contributed by atoms with Crippen LogP contribution in [-0.4, -0.2) is 75.5 Å². The highest BCUT2D eigenvalue weighted by Crippen LogP contribution is 2.22. The van der Waals surface area contributed by atoms with Crippen molar-refractivity contribution in [2.75, 3.05) is 26.2 Å². The highest BCUT2D eigenvalue weighted by Gasteiger charge is 2.35. The van der Waals surface area contributed by atoms with E-state index in [-0.39, 0.29) is 31.5 Å². The second-order valence-corrected chi connectivity index (χ2v) is 5.35. The highest BCUT2D eigenvalue weighted by molar-refractivity contribution is 5.75. The molecule has 2 rings (SSSR count). The van der Waals surface area contributed by atoms with Crippen LogP contribution < -0.4 is 0 Å². The molecule has 0 saturated carbocycles.